The topological polar surface area (TPSA) is 107 Å². The number of hydrogen-bond donors (Lipinski definition) is 3. The molecule has 7 nitrogen and oxygen atoms in total. The highest BCUT2D eigenvalue weighted by Gasteiger charge is 2.43. The third-order valence-corrected chi connectivity index (χ3v) is 7.73. The summed E-state index contributed by atoms with van der Waals surface area (Å²) in [7, 11) is -8.84. The van der Waals surface area contributed by atoms with Crippen LogP contribution in [0.15, 0.2) is 0 Å². The molecule has 1 unspecified atom stereocenters. The highest BCUT2D eigenvalue weighted by molar-refractivity contribution is 7.69. The van der Waals surface area contributed by atoms with Gasteiger partial charge in [0.05, 0.1) is 0 Å². The normalized spacial score (nSPS) is 35.3. The first kappa shape index (κ1) is 16.6. The molecule has 0 bridgehead atoms. The Labute approximate surface area is 119 Å². The molecule has 1 spiro atoms. The second-order valence-corrected chi connectivity index (χ2v) is 10.2. The van der Waals surface area contributed by atoms with E-state index in [-0.39, 0.29) is 5.41 Å². The van der Waals surface area contributed by atoms with E-state index >= 15 is 0 Å². The van der Waals surface area contributed by atoms with Gasteiger partial charge in [-0.05, 0) is 30.6 Å². The second kappa shape index (κ2) is 5.81. The van der Waals surface area contributed by atoms with Gasteiger partial charge in [0.2, 0.25) is 0 Å². The minimum absolute atomic E-state index is 0.147. The van der Waals surface area contributed by atoms with Crippen LogP contribution in [0.5, 0.6) is 0 Å². The fourth-order valence-corrected chi connectivity index (χ4v) is 5.75. The average molecular weight is 327 g/mol. The molecule has 1 aliphatic carbocycles. The number of hydrogen-bond acceptors (Lipinski definition) is 4. The lowest BCUT2D eigenvalue weighted by molar-refractivity contribution is -0.0570. The molecule has 0 radical (unpaired) electrons. The van der Waals surface area contributed by atoms with Crippen molar-refractivity contribution in [3.05, 3.63) is 0 Å². The molecular formula is C11H23NO6P2. The van der Waals surface area contributed by atoms with Gasteiger partial charge in [0, 0.05) is 13.1 Å². The standard InChI is InChI=1S/C11H23NO6P2/c1-10-2-4-11(5-3-10)6-7-12(8-11)18-20(16,17)9-19(13,14)15/h10H,2-9H2,1H3,(H,16,17)(H2,13,14,15). The van der Waals surface area contributed by atoms with Gasteiger partial charge in [-0.15, -0.1) is 0 Å². The summed E-state index contributed by atoms with van der Waals surface area (Å²) in [6.07, 6.45) is 5.40. The van der Waals surface area contributed by atoms with Crippen molar-refractivity contribution in [2.45, 2.75) is 39.0 Å². The molecule has 2 fully saturated rings. The van der Waals surface area contributed by atoms with E-state index in [9.17, 15) is 14.0 Å². The first-order valence-electron chi connectivity index (χ1n) is 6.90. The molecular weight excluding hydrogens is 304 g/mol. The lowest BCUT2D eigenvalue weighted by Crippen LogP contribution is -2.30. The van der Waals surface area contributed by atoms with Crippen molar-refractivity contribution in [1.82, 2.24) is 5.06 Å². The van der Waals surface area contributed by atoms with E-state index in [0.717, 1.165) is 38.0 Å². The molecule has 2 aliphatic rings. The van der Waals surface area contributed by atoms with Crippen LogP contribution in [0.1, 0.15) is 39.0 Å². The highest BCUT2D eigenvalue weighted by Crippen LogP contribution is 2.57. The van der Waals surface area contributed by atoms with E-state index in [1.54, 1.807) is 0 Å². The molecule has 1 saturated carbocycles. The van der Waals surface area contributed by atoms with E-state index < -0.39 is 21.1 Å². The lowest BCUT2D eigenvalue weighted by atomic mass is 9.70. The molecule has 3 N–H and O–H groups in total. The van der Waals surface area contributed by atoms with E-state index in [2.05, 4.69) is 6.92 Å². The third-order valence-electron chi connectivity index (χ3n) is 4.34. The van der Waals surface area contributed by atoms with Crippen molar-refractivity contribution in [1.29, 1.82) is 0 Å². The Balaban J connectivity index is 1.90. The van der Waals surface area contributed by atoms with Gasteiger partial charge in [-0.2, -0.15) is 5.06 Å². The molecule has 0 aromatic rings. The Morgan fingerprint density at radius 1 is 1.20 bits per heavy atom. The van der Waals surface area contributed by atoms with Crippen LogP contribution in [0.25, 0.3) is 0 Å². The Kier molecular flexibility index (Phi) is 4.83. The van der Waals surface area contributed by atoms with Crippen molar-refractivity contribution in [2.24, 2.45) is 11.3 Å². The van der Waals surface area contributed by atoms with Gasteiger partial charge < -0.3 is 14.7 Å². The Hall–Kier alpha value is 0.260. The van der Waals surface area contributed by atoms with E-state index in [1.165, 1.54) is 5.06 Å². The molecule has 2 rings (SSSR count). The zero-order valence-electron chi connectivity index (χ0n) is 11.6. The van der Waals surface area contributed by atoms with Gasteiger partial charge in [0.15, 0.2) is 5.90 Å². The Bertz CT molecular complexity index is 442. The molecule has 0 aromatic heterocycles. The van der Waals surface area contributed by atoms with Crippen molar-refractivity contribution in [3.8, 4) is 0 Å². The molecule has 118 valence electrons. The van der Waals surface area contributed by atoms with Crippen LogP contribution in [0.4, 0.5) is 0 Å². The number of nitrogens with zero attached hydrogens (tertiary/aromatic N) is 1. The van der Waals surface area contributed by atoms with Gasteiger partial charge in [-0.1, -0.05) is 19.8 Å². The summed E-state index contributed by atoms with van der Waals surface area (Å²) in [5.41, 5.74) is 0.147. The van der Waals surface area contributed by atoms with Crippen LogP contribution >= 0.6 is 15.2 Å². The predicted molar refractivity (Wildman–Crippen MR) is 74.1 cm³/mol. The van der Waals surface area contributed by atoms with Gasteiger partial charge in [0.1, 0.15) is 0 Å². The van der Waals surface area contributed by atoms with Crippen LogP contribution in [-0.2, 0) is 13.8 Å². The first-order valence-corrected chi connectivity index (χ1v) is 10.5. The van der Waals surface area contributed by atoms with Gasteiger partial charge in [-0.3, -0.25) is 9.13 Å². The Morgan fingerprint density at radius 3 is 2.35 bits per heavy atom. The molecule has 1 atom stereocenters. The summed E-state index contributed by atoms with van der Waals surface area (Å²) in [6.45, 7) is 3.35. The highest BCUT2D eigenvalue weighted by atomic mass is 31.2. The lowest BCUT2D eigenvalue weighted by Gasteiger charge is -2.36. The smallest absolute Gasteiger partial charge is 0.324 e. The zero-order valence-corrected chi connectivity index (χ0v) is 13.4. The molecule has 1 aliphatic heterocycles. The average Bonchev–Trinajstić information content (AvgIpc) is 2.62. The van der Waals surface area contributed by atoms with Crippen molar-refractivity contribution < 1.29 is 28.4 Å². The molecule has 20 heavy (non-hydrogen) atoms. The molecule has 0 aromatic carbocycles. The van der Waals surface area contributed by atoms with Crippen LogP contribution in [-0.4, -0.2) is 38.7 Å². The SMILES string of the molecule is CC1CCC2(CC1)CCN(OP(=O)(O)CP(=O)(O)O)C2. The quantitative estimate of drug-likeness (QED) is 0.679. The van der Waals surface area contributed by atoms with Gasteiger partial charge >= 0.3 is 15.2 Å². The maximum Gasteiger partial charge on any atom is 0.356 e. The summed E-state index contributed by atoms with van der Waals surface area (Å²) < 4.78 is 27.5. The summed E-state index contributed by atoms with van der Waals surface area (Å²) in [4.78, 5) is 27.1. The summed E-state index contributed by atoms with van der Waals surface area (Å²) in [5, 5.41) is 1.42. The summed E-state index contributed by atoms with van der Waals surface area (Å²) in [6, 6.07) is 0. The minimum Gasteiger partial charge on any atom is -0.324 e. The Morgan fingerprint density at radius 2 is 1.80 bits per heavy atom. The minimum atomic E-state index is -4.56. The largest absolute Gasteiger partial charge is 0.356 e. The maximum absolute atomic E-state index is 11.7. The van der Waals surface area contributed by atoms with Crippen molar-refractivity contribution in [2.75, 3.05) is 19.0 Å². The van der Waals surface area contributed by atoms with Crippen molar-refractivity contribution >= 4 is 15.2 Å². The fourth-order valence-electron chi connectivity index (χ4n) is 3.19. The first-order chi connectivity index (χ1) is 9.09. The van der Waals surface area contributed by atoms with E-state index in [1.807, 2.05) is 0 Å². The fraction of sp³-hybridized carbons (Fsp3) is 1.00. The van der Waals surface area contributed by atoms with Crippen LogP contribution in [0.2, 0.25) is 0 Å². The summed E-state index contributed by atoms with van der Waals surface area (Å²) in [5.74, 6) is -0.394. The zero-order chi connectivity index (χ0) is 15.0. The maximum atomic E-state index is 11.7. The van der Waals surface area contributed by atoms with Crippen LogP contribution in [0, 0.1) is 11.3 Å². The van der Waals surface area contributed by atoms with Gasteiger partial charge in [-0.25, -0.2) is 4.62 Å². The number of rotatable bonds is 4. The predicted octanol–water partition coefficient (Wildman–Crippen LogP) is 2.14. The monoisotopic (exact) mass is 327 g/mol. The van der Waals surface area contributed by atoms with Crippen molar-refractivity contribution in [3.63, 3.8) is 0 Å². The molecule has 9 heteroatoms. The molecule has 0 amide bonds. The van der Waals surface area contributed by atoms with Crippen LogP contribution < -0.4 is 0 Å². The number of hydroxylamine groups is 2. The van der Waals surface area contributed by atoms with E-state index in [0.29, 0.717) is 13.1 Å². The summed E-state index contributed by atoms with van der Waals surface area (Å²) >= 11 is 0. The van der Waals surface area contributed by atoms with E-state index in [4.69, 9.17) is 14.4 Å². The van der Waals surface area contributed by atoms with Crippen LogP contribution in [0.3, 0.4) is 0 Å². The second-order valence-electron chi connectivity index (χ2n) is 6.32. The third kappa shape index (κ3) is 4.63. The van der Waals surface area contributed by atoms with Gasteiger partial charge in [0.25, 0.3) is 0 Å². The molecule has 1 saturated heterocycles. The molecule has 1 heterocycles.